The Morgan fingerprint density at radius 3 is 2.26 bits per heavy atom. The van der Waals surface area contributed by atoms with Crippen molar-refractivity contribution >= 4 is 34.5 Å². The number of hydrogen-bond acceptors (Lipinski definition) is 6. The molecule has 0 atom stereocenters. The van der Waals surface area contributed by atoms with Crippen molar-refractivity contribution in [1.29, 1.82) is 0 Å². The summed E-state index contributed by atoms with van der Waals surface area (Å²) in [6.45, 7) is 7.25. The molecule has 0 spiro atoms. The quantitative estimate of drug-likeness (QED) is 0.226. The van der Waals surface area contributed by atoms with E-state index in [2.05, 4.69) is 65.8 Å². The number of anilines is 1. The maximum Gasteiger partial charge on any atom is 0.221 e. The van der Waals surface area contributed by atoms with Crippen LogP contribution in [0, 0.1) is 0 Å². The van der Waals surface area contributed by atoms with Gasteiger partial charge < -0.3 is 10.6 Å². The predicted octanol–water partition coefficient (Wildman–Crippen LogP) is 5.10. The highest BCUT2D eigenvalue weighted by Crippen LogP contribution is 2.28. The first-order valence-electron chi connectivity index (χ1n) is 12.0. The predicted molar refractivity (Wildman–Crippen MR) is 143 cm³/mol. The van der Waals surface area contributed by atoms with Gasteiger partial charge in [-0.15, -0.1) is 0 Å². The molecular weight excluding hydrogens is 456 g/mol. The standard InChI is InChI=1S/C27H32N6OS/c1-4-35-27-31-25(30-19(2)3)23-18-29-33(26(23)32-27)16-15-28-24(34)17-22(20-11-7-5-8-12-20)21-13-9-6-10-14-21/h5-14,18-19,22H,4,15-17H2,1-3H3,(H,28,34)(H,30,31,32). The van der Waals surface area contributed by atoms with Gasteiger partial charge >= 0.3 is 0 Å². The zero-order valence-corrected chi connectivity index (χ0v) is 21.3. The van der Waals surface area contributed by atoms with Crippen LogP contribution in [0.3, 0.4) is 0 Å². The molecule has 7 nitrogen and oxygen atoms in total. The highest BCUT2D eigenvalue weighted by molar-refractivity contribution is 7.99. The number of nitrogens with one attached hydrogen (secondary N) is 2. The topological polar surface area (TPSA) is 84.7 Å². The first kappa shape index (κ1) is 24.7. The highest BCUT2D eigenvalue weighted by atomic mass is 32.2. The van der Waals surface area contributed by atoms with Gasteiger partial charge in [-0.25, -0.2) is 14.6 Å². The third-order valence-corrected chi connectivity index (χ3v) is 6.34. The molecule has 0 aliphatic heterocycles. The van der Waals surface area contributed by atoms with Gasteiger partial charge in [-0.1, -0.05) is 79.3 Å². The van der Waals surface area contributed by atoms with Gasteiger partial charge in [-0.2, -0.15) is 5.10 Å². The number of aromatic nitrogens is 4. The number of thioether (sulfide) groups is 1. The van der Waals surface area contributed by atoms with E-state index in [1.165, 1.54) is 0 Å². The first-order chi connectivity index (χ1) is 17.0. The van der Waals surface area contributed by atoms with Crippen LogP contribution in [0.5, 0.6) is 0 Å². The molecule has 8 heteroatoms. The number of nitrogens with zero attached hydrogens (tertiary/aromatic N) is 4. The number of hydrogen-bond donors (Lipinski definition) is 2. The molecule has 35 heavy (non-hydrogen) atoms. The van der Waals surface area contributed by atoms with Gasteiger partial charge in [0.25, 0.3) is 0 Å². The smallest absolute Gasteiger partial charge is 0.221 e. The molecule has 2 aromatic carbocycles. The summed E-state index contributed by atoms with van der Waals surface area (Å²) in [6.07, 6.45) is 2.18. The molecule has 2 heterocycles. The van der Waals surface area contributed by atoms with Gasteiger partial charge in [0.1, 0.15) is 5.82 Å². The Labute approximate surface area is 210 Å². The molecule has 2 N–H and O–H groups in total. The van der Waals surface area contributed by atoms with E-state index in [0.717, 1.165) is 38.9 Å². The number of benzene rings is 2. The van der Waals surface area contributed by atoms with Crippen LogP contribution in [0.1, 0.15) is 44.2 Å². The molecule has 0 saturated heterocycles. The van der Waals surface area contributed by atoms with E-state index in [1.807, 2.05) is 41.1 Å². The molecule has 2 aromatic heterocycles. The molecule has 0 unspecified atom stereocenters. The van der Waals surface area contributed by atoms with Crippen molar-refractivity contribution in [2.75, 3.05) is 17.6 Å². The molecule has 0 aliphatic carbocycles. The van der Waals surface area contributed by atoms with Crippen molar-refractivity contribution < 1.29 is 4.79 Å². The lowest BCUT2D eigenvalue weighted by molar-refractivity contribution is -0.121. The normalized spacial score (nSPS) is 11.3. The van der Waals surface area contributed by atoms with Crippen LogP contribution in [0.15, 0.2) is 72.0 Å². The fraction of sp³-hybridized carbons (Fsp3) is 0.333. The Hall–Kier alpha value is -3.39. The Morgan fingerprint density at radius 2 is 1.66 bits per heavy atom. The van der Waals surface area contributed by atoms with Gasteiger partial charge in [0.05, 0.1) is 18.1 Å². The zero-order chi connectivity index (χ0) is 24.6. The van der Waals surface area contributed by atoms with Gasteiger partial charge in [-0.05, 0) is 30.7 Å². The lowest BCUT2D eigenvalue weighted by atomic mass is 9.88. The molecule has 1 amide bonds. The fourth-order valence-corrected chi connectivity index (χ4v) is 4.60. The van der Waals surface area contributed by atoms with Crippen molar-refractivity contribution in [3.63, 3.8) is 0 Å². The summed E-state index contributed by atoms with van der Waals surface area (Å²) in [5.74, 6) is 1.71. The van der Waals surface area contributed by atoms with Crippen LogP contribution in [-0.2, 0) is 11.3 Å². The van der Waals surface area contributed by atoms with Crippen LogP contribution in [-0.4, -0.2) is 44.0 Å². The summed E-state index contributed by atoms with van der Waals surface area (Å²) >= 11 is 1.60. The first-order valence-corrected chi connectivity index (χ1v) is 13.0. The molecule has 4 aromatic rings. The van der Waals surface area contributed by atoms with Gasteiger partial charge in [0.15, 0.2) is 10.8 Å². The second kappa shape index (κ2) is 11.8. The SMILES string of the molecule is CCSc1nc(NC(C)C)c2cnn(CCNC(=O)CC(c3ccccc3)c3ccccc3)c2n1. The highest BCUT2D eigenvalue weighted by Gasteiger charge is 2.18. The summed E-state index contributed by atoms with van der Waals surface area (Å²) in [5.41, 5.74) is 3.05. The number of carbonyl (C=O) groups is 1. The van der Waals surface area contributed by atoms with Crippen molar-refractivity contribution in [2.24, 2.45) is 0 Å². The number of carbonyl (C=O) groups excluding carboxylic acids is 1. The summed E-state index contributed by atoms with van der Waals surface area (Å²) < 4.78 is 1.84. The minimum Gasteiger partial charge on any atom is -0.367 e. The molecule has 0 aliphatic rings. The average Bonchev–Trinajstić information content (AvgIpc) is 3.27. The number of rotatable bonds is 11. The molecule has 0 radical (unpaired) electrons. The third-order valence-electron chi connectivity index (χ3n) is 5.61. The minimum absolute atomic E-state index is 0.00830. The van der Waals surface area contributed by atoms with E-state index in [4.69, 9.17) is 4.98 Å². The Morgan fingerprint density at radius 1 is 1.00 bits per heavy atom. The van der Waals surface area contributed by atoms with E-state index in [0.29, 0.717) is 19.5 Å². The minimum atomic E-state index is 0.00830. The summed E-state index contributed by atoms with van der Waals surface area (Å²) in [6, 6.07) is 20.6. The van der Waals surface area contributed by atoms with Gasteiger partial charge in [-0.3, -0.25) is 4.79 Å². The van der Waals surface area contributed by atoms with E-state index in [1.54, 1.807) is 18.0 Å². The second-order valence-corrected chi connectivity index (χ2v) is 9.85. The Balaban J connectivity index is 1.45. The summed E-state index contributed by atoms with van der Waals surface area (Å²) in [4.78, 5) is 22.3. The van der Waals surface area contributed by atoms with Crippen molar-refractivity contribution in [3.05, 3.63) is 78.0 Å². The summed E-state index contributed by atoms with van der Waals surface area (Å²) in [5, 5.41) is 12.6. The summed E-state index contributed by atoms with van der Waals surface area (Å²) in [7, 11) is 0. The second-order valence-electron chi connectivity index (χ2n) is 8.62. The fourth-order valence-electron chi connectivity index (χ4n) is 4.03. The van der Waals surface area contributed by atoms with E-state index >= 15 is 0 Å². The third kappa shape index (κ3) is 6.39. The van der Waals surface area contributed by atoms with E-state index < -0.39 is 0 Å². The van der Waals surface area contributed by atoms with Crippen molar-refractivity contribution in [1.82, 2.24) is 25.1 Å². The Kier molecular flexibility index (Phi) is 8.36. The largest absolute Gasteiger partial charge is 0.367 e. The molecule has 0 bridgehead atoms. The van der Waals surface area contributed by atoms with Crippen LogP contribution in [0.4, 0.5) is 5.82 Å². The maximum absolute atomic E-state index is 12.9. The van der Waals surface area contributed by atoms with Crippen LogP contribution in [0.25, 0.3) is 11.0 Å². The maximum atomic E-state index is 12.9. The van der Waals surface area contributed by atoms with E-state index in [9.17, 15) is 4.79 Å². The Bertz CT molecular complexity index is 1200. The molecule has 0 fully saturated rings. The van der Waals surface area contributed by atoms with E-state index in [-0.39, 0.29) is 17.9 Å². The lowest BCUT2D eigenvalue weighted by Crippen LogP contribution is -2.29. The van der Waals surface area contributed by atoms with Crippen molar-refractivity contribution in [2.45, 2.75) is 50.9 Å². The molecule has 4 rings (SSSR count). The van der Waals surface area contributed by atoms with Crippen LogP contribution >= 0.6 is 11.8 Å². The van der Waals surface area contributed by atoms with Crippen molar-refractivity contribution in [3.8, 4) is 0 Å². The number of fused-ring (bicyclic) bond motifs is 1. The molecular formula is C27H32N6OS. The van der Waals surface area contributed by atoms with Crippen LogP contribution in [0.2, 0.25) is 0 Å². The van der Waals surface area contributed by atoms with Gasteiger partial charge in [0.2, 0.25) is 5.91 Å². The molecule has 0 saturated carbocycles. The molecule has 182 valence electrons. The van der Waals surface area contributed by atoms with Crippen LogP contribution < -0.4 is 10.6 Å². The van der Waals surface area contributed by atoms with Gasteiger partial charge in [0, 0.05) is 24.9 Å². The average molecular weight is 489 g/mol. The lowest BCUT2D eigenvalue weighted by Gasteiger charge is -2.18. The monoisotopic (exact) mass is 488 g/mol. The zero-order valence-electron chi connectivity index (χ0n) is 20.4. The number of amides is 1.